The maximum atomic E-state index is 14.9. The molecule has 2 aromatic rings. The van der Waals surface area contributed by atoms with E-state index in [1.807, 2.05) is 29.2 Å². The maximum Gasteiger partial charge on any atom is 0.239 e. The lowest BCUT2D eigenvalue weighted by Crippen LogP contribution is -2.50. The van der Waals surface area contributed by atoms with E-state index in [1.54, 1.807) is 6.07 Å². The lowest BCUT2D eigenvalue weighted by Gasteiger charge is -2.45. The highest BCUT2D eigenvalue weighted by Crippen LogP contribution is 2.73. The first-order valence-electron chi connectivity index (χ1n) is 11.6. The van der Waals surface area contributed by atoms with E-state index in [1.165, 1.54) is 35.7 Å². The fraction of sp³-hybridized carbons (Fsp3) is 0.385. The second-order valence-corrected chi connectivity index (χ2v) is 11.0. The monoisotopic (exact) mass is 473 g/mol. The molecule has 1 amide bonds. The first-order valence-corrected chi connectivity index (χ1v) is 12.4. The predicted octanol–water partition coefficient (Wildman–Crippen LogP) is 3.86. The molecule has 2 fully saturated rings. The van der Waals surface area contributed by atoms with Crippen molar-refractivity contribution in [3.05, 3.63) is 64.5 Å². The Labute approximate surface area is 201 Å². The van der Waals surface area contributed by atoms with E-state index in [0.29, 0.717) is 16.3 Å². The van der Waals surface area contributed by atoms with E-state index < -0.39 is 16.1 Å². The minimum atomic E-state index is -0.544. The van der Waals surface area contributed by atoms with E-state index in [4.69, 9.17) is 16.0 Å². The third kappa shape index (κ3) is 2.89. The summed E-state index contributed by atoms with van der Waals surface area (Å²) >= 11 is 1.44. The predicted molar refractivity (Wildman–Crippen MR) is 130 cm³/mol. The van der Waals surface area contributed by atoms with Crippen LogP contribution in [0.5, 0.6) is 0 Å². The Balaban J connectivity index is 1.34. The molecule has 1 spiro atoms. The van der Waals surface area contributed by atoms with Gasteiger partial charge in [-0.05, 0) is 59.7 Å². The van der Waals surface area contributed by atoms with Crippen molar-refractivity contribution < 1.29 is 9.18 Å². The number of aliphatic imine (C=N–C) groups is 1. The number of halogens is 1. The zero-order chi connectivity index (χ0) is 23.7. The lowest BCUT2D eigenvalue weighted by atomic mass is 9.66. The molecule has 1 aromatic heterocycles. The van der Waals surface area contributed by atoms with Crippen molar-refractivity contribution >= 4 is 34.7 Å². The Morgan fingerprint density at radius 1 is 1.32 bits per heavy atom. The molecule has 6 nitrogen and oxygen atoms in total. The molecular formula is C26H24FN5OS. The van der Waals surface area contributed by atoms with Crippen molar-refractivity contribution in [3.63, 3.8) is 0 Å². The van der Waals surface area contributed by atoms with Gasteiger partial charge in [0.05, 0.1) is 16.8 Å². The molecule has 4 aliphatic rings. The summed E-state index contributed by atoms with van der Waals surface area (Å²) in [6.45, 7) is 3.77. The number of carbonyl (C=O) groups excluding carboxylic acids is 1. The Hall–Kier alpha value is -3.18. The molecule has 2 aliphatic carbocycles. The summed E-state index contributed by atoms with van der Waals surface area (Å²) in [5.74, 6) is -0.0185. The molecular weight excluding hydrogens is 449 g/mol. The smallest absolute Gasteiger partial charge is 0.239 e. The van der Waals surface area contributed by atoms with Gasteiger partial charge in [-0.3, -0.25) is 14.8 Å². The molecule has 6 rings (SSSR count). The minimum absolute atomic E-state index is 0.0853. The van der Waals surface area contributed by atoms with Gasteiger partial charge in [0.1, 0.15) is 16.6 Å². The first-order chi connectivity index (χ1) is 16.4. The molecule has 0 bridgehead atoms. The Bertz CT molecular complexity index is 1310. The summed E-state index contributed by atoms with van der Waals surface area (Å²) < 4.78 is 14.4. The van der Waals surface area contributed by atoms with Crippen LogP contribution < -0.4 is 5.73 Å². The number of benzene rings is 1. The van der Waals surface area contributed by atoms with E-state index in [2.05, 4.69) is 11.9 Å². The molecule has 0 radical (unpaired) electrons. The number of likely N-dealkylation sites (tertiary alicyclic amines) is 1. The first kappa shape index (κ1) is 21.4. The molecule has 1 saturated carbocycles. The number of nitriles is 1. The summed E-state index contributed by atoms with van der Waals surface area (Å²) in [6.07, 6.45) is 5.66. The SMILES string of the molecule is CC1C2[C@@]1(C(=O)N1CCCC1)SC(N)=N[C@@]21Cc2ccc(/C=C(\F)c3ccc(C#N)cn3)cc21. The molecule has 8 heteroatoms. The van der Waals surface area contributed by atoms with E-state index in [0.717, 1.165) is 37.9 Å². The topological polar surface area (TPSA) is 95.4 Å². The van der Waals surface area contributed by atoms with Gasteiger partial charge in [-0.2, -0.15) is 5.26 Å². The fourth-order valence-corrected chi connectivity index (χ4v) is 7.73. The van der Waals surface area contributed by atoms with Crippen LogP contribution in [0.2, 0.25) is 0 Å². The highest BCUT2D eigenvalue weighted by Gasteiger charge is 2.79. The van der Waals surface area contributed by atoms with Crippen molar-refractivity contribution in [1.29, 1.82) is 5.26 Å². The fourth-order valence-electron chi connectivity index (χ4n) is 6.17. The number of hydrogen-bond donors (Lipinski definition) is 1. The summed E-state index contributed by atoms with van der Waals surface area (Å²) in [7, 11) is 0. The number of carbonyl (C=O) groups is 1. The van der Waals surface area contributed by atoms with Gasteiger partial charge in [0.25, 0.3) is 0 Å². The van der Waals surface area contributed by atoms with Crippen molar-refractivity contribution in [2.24, 2.45) is 22.6 Å². The summed E-state index contributed by atoms with van der Waals surface area (Å²) in [6, 6.07) is 10.9. The number of nitrogens with zero attached hydrogens (tertiary/aromatic N) is 4. The van der Waals surface area contributed by atoms with E-state index in [-0.39, 0.29) is 23.4 Å². The average Bonchev–Trinajstić information content (AvgIpc) is 3.18. The Morgan fingerprint density at radius 3 is 2.82 bits per heavy atom. The van der Waals surface area contributed by atoms with Gasteiger partial charge in [-0.25, -0.2) is 4.39 Å². The normalized spacial score (nSPS) is 31.3. The number of hydrogen-bond acceptors (Lipinski definition) is 6. The number of amidine groups is 1. The van der Waals surface area contributed by atoms with Gasteiger partial charge in [0, 0.05) is 31.6 Å². The molecule has 2 aliphatic heterocycles. The quantitative estimate of drug-likeness (QED) is 0.730. The molecule has 34 heavy (non-hydrogen) atoms. The van der Waals surface area contributed by atoms with Gasteiger partial charge in [-0.1, -0.05) is 30.8 Å². The zero-order valence-electron chi connectivity index (χ0n) is 18.8. The van der Waals surface area contributed by atoms with Crippen LogP contribution in [-0.2, 0) is 16.8 Å². The van der Waals surface area contributed by atoms with Crippen molar-refractivity contribution in [2.45, 2.75) is 36.5 Å². The van der Waals surface area contributed by atoms with Crippen molar-refractivity contribution in [3.8, 4) is 6.07 Å². The number of pyridine rings is 1. The minimum Gasteiger partial charge on any atom is -0.378 e. The summed E-state index contributed by atoms with van der Waals surface area (Å²) in [5.41, 5.74) is 9.29. The number of amides is 1. The van der Waals surface area contributed by atoms with Gasteiger partial charge >= 0.3 is 0 Å². The van der Waals surface area contributed by atoms with Crippen LogP contribution in [0.15, 0.2) is 41.5 Å². The van der Waals surface area contributed by atoms with Crippen LogP contribution in [0.25, 0.3) is 11.9 Å². The number of nitrogens with two attached hydrogens (primary N) is 1. The van der Waals surface area contributed by atoms with Gasteiger partial charge in [-0.15, -0.1) is 0 Å². The molecule has 4 atom stereocenters. The van der Waals surface area contributed by atoms with Crippen LogP contribution in [-0.4, -0.2) is 38.8 Å². The van der Waals surface area contributed by atoms with Crippen molar-refractivity contribution in [1.82, 2.24) is 9.88 Å². The Morgan fingerprint density at radius 2 is 2.12 bits per heavy atom. The molecule has 172 valence electrons. The van der Waals surface area contributed by atoms with E-state index >= 15 is 0 Å². The number of rotatable bonds is 3. The van der Waals surface area contributed by atoms with Crippen LogP contribution in [0.4, 0.5) is 4.39 Å². The molecule has 1 saturated heterocycles. The third-order valence-corrected chi connectivity index (χ3v) is 9.28. The van der Waals surface area contributed by atoms with E-state index in [9.17, 15) is 9.18 Å². The number of aromatic nitrogens is 1. The highest BCUT2D eigenvalue weighted by molar-refractivity contribution is 8.15. The van der Waals surface area contributed by atoms with Crippen LogP contribution >= 0.6 is 11.8 Å². The average molecular weight is 474 g/mol. The third-order valence-electron chi connectivity index (χ3n) is 7.85. The zero-order valence-corrected chi connectivity index (χ0v) is 19.6. The van der Waals surface area contributed by atoms with Crippen LogP contribution in [0, 0.1) is 23.2 Å². The van der Waals surface area contributed by atoms with Gasteiger partial charge in [0.2, 0.25) is 5.91 Å². The maximum absolute atomic E-state index is 14.9. The molecule has 2 unspecified atom stereocenters. The Kier molecular flexibility index (Phi) is 4.65. The molecule has 3 heterocycles. The molecule has 1 aromatic carbocycles. The van der Waals surface area contributed by atoms with Crippen LogP contribution in [0.3, 0.4) is 0 Å². The summed E-state index contributed by atoms with van der Waals surface area (Å²) in [5, 5.41) is 9.38. The summed E-state index contributed by atoms with van der Waals surface area (Å²) in [4.78, 5) is 24.5. The van der Waals surface area contributed by atoms with Crippen molar-refractivity contribution in [2.75, 3.05) is 13.1 Å². The lowest BCUT2D eigenvalue weighted by molar-refractivity contribution is -0.131. The second-order valence-electron chi connectivity index (χ2n) is 9.66. The second kappa shape index (κ2) is 7.41. The van der Waals surface area contributed by atoms with Gasteiger partial charge in [0.15, 0.2) is 5.17 Å². The number of fused-ring (bicyclic) bond motifs is 4. The largest absolute Gasteiger partial charge is 0.378 e. The van der Waals surface area contributed by atoms with Crippen LogP contribution in [0.1, 0.15) is 47.7 Å². The van der Waals surface area contributed by atoms with Gasteiger partial charge < -0.3 is 10.6 Å². The standard InChI is InChI=1S/C26H24FN5OS/c1-15-22-25(31-24(29)34-26(15,22)23(33)32-8-2-3-9-32)12-18-6-4-16(10-19(18)25)11-20(27)21-7-5-17(13-28)14-30-21/h4-7,10-11,14-15,22H,2-3,8-9,12H2,1H3,(H2,29,31)/b20-11-/t15?,22?,25-,26+/m1/s1. The highest BCUT2D eigenvalue weighted by atomic mass is 32.2. The number of thioether (sulfide) groups is 1. The molecule has 2 N–H and O–H groups in total.